The molecule has 0 unspecified atom stereocenters. The maximum absolute atomic E-state index is 12.1. The van der Waals surface area contributed by atoms with Crippen molar-refractivity contribution in [2.45, 2.75) is 19.8 Å². The van der Waals surface area contributed by atoms with Gasteiger partial charge in [-0.3, -0.25) is 9.59 Å². The fourth-order valence-corrected chi connectivity index (χ4v) is 1.91. The van der Waals surface area contributed by atoms with Crippen molar-refractivity contribution < 1.29 is 9.59 Å². The molecule has 0 saturated heterocycles. The van der Waals surface area contributed by atoms with E-state index in [0.717, 1.165) is 11.3 Å². The zero-order valence-corrected chi connectivity index (χ0v) is 10.9. The molecule has 0 aliphatic rings. The van der Waals surface area contributed by atoms with Crippen LogP contribution in [-0.4, -0.2) is 17.2 Å². The number of aromatic nitrogens is 1. The lowest BCUT2D eigenvalue weighted by Crippen LogP contribution is -2.13. The quantitative estimate of drug-likeness (QED) is 0.825. The molecule has 2 aromatic rings. The third-order valence-electron chi connectivity index (χ3n) is 2.92. The lowest BCUT2D eigenvalue weighted by Gasteiger charge is -2.13. The summed E-state index contributed by atoms with van der Waals surface area (Å²) in [6.45, 7) is 4.15. The fraction of sp³-hybridized carbons (Fsp3) is 0.200. The Kier molecular flexibility index (Phi) is 3.80. The van der Waals surface area contributed by atoms with Gasteiger partial charge in [-0.05, 0) is 23.6 Å². The molecule has 98 valence electrons. The standard InChI is InChI=1S/C15H16N2O2/c1-10(2)12-5-3-4-6-13(12)17-15(19)14-7-11(9-18)8-16-14/h3-10,16H,1-2H3,(H,17,19). The Hall–Kier alpha value is -2.36. The van der Waals surface area contributed by atoms with E-state index >= 15 is 0 Å². The van der Waals surface area contributed by atoms with Gasteiger partial charge in [0.1, 0.15) is 5.69 Å². The first-order chi connectivity index (χ1) is 9.11. The van der Waals surface area contributed by atoms with Crippen LogP contribution in [0.25, 0.3) is 0 Å². The van der Waals surface area contributed by atoms with Crippen molar-refractivity contribution in [3.63, 3.8) is 0 Å². The number of hydrogen-bond acceptors (Lipinski definition) is 2. The summed E-state index contributed by atoms with van der Waals surface area (Å²) in [5.41, 5.74) is 2.71. The minimum Gasteiger partial charge on any atom is -0.356 e. The van der Waals surface area contributed by atoms with Crippen molar-refractivity contribution in [1.29, 1.82) is 0 Å². The monoisotopic (exact) mass is 256 g/mol. The number of carbonyl (C=O) groups excluding carboxylic acids is 2. The average molecular weight is 256 g/mol. The normalized spacial score (nSPS) is 10.5. The summed E-state index contributed by atoms with van der Waals surface area (Å²) in [4.78, 5) is 25.4. The van der Waals surface area contributed by atoms with Crippen LogP contribution in [0.2, 0.25) is 0 Å². The molecule has 1 aromatic heterocycles. The first-order valence-corrected chi connectivity index (χ1v) is 6.15. The number of para-hydroxylation sites is 1. The largest absolute Gasteiger partial charge is 0.356 e. The van der Waals surface area contributed by atoms with Crippen LogP contribution in [0.1, 0.15) is 46.2 Å². The number of nitrogens with one attached hydrogen (secondary N) is 2. The van der Waals surface area contributed by atoms with Gasteiger partial charge in [0.05, 0.1) is 0 Å². The van der Waals surface area contributed by atoms with Gasteiger partial charge in [0.15, 0.2) is 6.29 Å². The van der Waals surface area contributed by atoms with Crippen molar-refractivity contribution in [3.05, 3.63) is 53.3 Å². The van der Waals surface area contributed by atoms with Gasteiger partial charge in [-0.2, -0.15) is 0 Å². The second-order valence-electron chi connectivity index (χ2n) is 4.66. The van der Waals surface area contributed by atoms with Crippen LogP contribution in [0.5, 0.6) is 0 Å². The highest BCUT2D eigenvalue weighted by molar-refractivity contribution is 6.04. The van der Waals surface area contributed by atoms with Gasteiger partial charge in [-0.1, -0.05) is 32.0 Å². The molecule has 0 saturated carbocycles. The lowest BCUT2D eigenvalue weighted by molar-refractivity contribution is 0.102. The van der Waals surface area contributed by atoms with Crippen molar-refractivity contribution in [1.82, 2.24) is 4.98 Å². The summed E-state index contributed by atoms with van der Waals surface area (Å²) in [5.74, 6) is 0.0758. The SMILES string of the molecule is CC(C)c1ccccc1NC(=O)c1cc(C=O)c[nH]1. The van der Waals surface area contributed by atoms with Crippen molar-refractivity contribution in [2.75, 3.05) is 5.32 Å². The van der Waals surface area contributed by atoms with Gasteiger partial charge < -0.3 is 10.3 Å². The van der Waals surface area contributed by atoms with Gasteiger partial charge in [0.2, 0.25) is 0 Å². The Morgan fingerprint density at radius 3 is 2.68 bits per heavy atom. The predicted molar refractivity (Wildman–Crippen MR) is 74.7 cm³/mol. The molecule has 4 heteroatoms. The zero-order valence-electron chi connectivity index (χ0n) is 10.9. The van der Waals surface area contributed by atoms with E-state index in [0.29, 0.717) is 23.5 Å². The van der Waals surface area contributed by atoms with Crippen molar-refractivity contribution in [3.8, 4) is 0 Å². The van der Waals surface area contributed by atoms with Crippen LogP contribution >= 0.6 is 0 Å². The van der Waals surface area contributed by atoms with Crippen molar-refractivity contribution in [2.24, 2.45) is 0 Å². The molecular formula is C15H16N2O2. The minimum absolute atomic E-state index is 0.249. The van der Waals surface area contributed by atoms with E-state index in [9.17, 15) is 9.59 Å². The molecule has 2 rings (SSSR count). The van der Waals surface area contributed by atoms with Gasteiger partial charge in [-0.15, -0.1) is 0 Å². The molecule has 2 N–H and O–H groups in total. The smallest absolute Gasteiger partial charge is 0.272 e. The van der Waals surface area contributed by atoms with E-state index < -0.39 is 0 Å². The van der Waals surface area contributed by atoms with Crippen LogP contribution in [0.3, 0.4) is 0 Å². The maximum atomic E-state index is 12.1. The van der Waals surface area contributed by atoms with Gasteiger partial charge in [-0.25, -0.2) is 0 Å². The Labute approximate surface area is 111 Å². The van der Waals surface area contributed by atoms with E-state index in [2.05, 4.69) is 24.1 Å². The first-order valence-electron chi connectivity index (χ1n) is 6.15. The van der Waals surface area contributed by atoms with E-state index in [1.165, 1.54) is 12.3 Å². The number of rotatable bonds is 4. The summed E-state index contributed by atoms with van der Waals surface area (Å²) in [6.07, 6.45) is 2.21. The molecule has 0 fully saturated rings. The van der Waals surface area contributed by atoms with Crippen LogP contribution in [0.4, 0.5) is 5.69 Å². The Morgan fingerprint density at radius 2 is 2.05 bits per heavy atom. The van der Waals surface area contributed by atoms with E-state index in [-0.39, 0.29) is 5.91 Å². The second-order valence-corrected chi connectivity index (χ2v) is 4.66. The van der Waals surface area contributed by atoms with Crippen molar-refractivity contribution >= 4 is 17.9 Å². The Balaban J connectivity index is 2.21. The molecule has 0 atom stereocenters. The molecule has 19 heavy (non-hydrogen) atoms. The fourth-order valence-electron chi connectivity index (χ4n) is 1.91. The van der Waals surface area contributed by atoms with E-state index in [4.69, 9.17) is 0 Å². The van der Waals surface area contributed by atoms with Crippen LogP contribution < -0.4 is 5.32 Å². The molecule has 0 aliphatic carbocycles. The topological polar surface area (TPSA) is 62.0 Å². The number of carbonyl (C=O) groups is 2. The molecule has 0 spiro atoms. The molecule has 0 bridgehead atoms. The van der Waals surface area contributed by atoms with Gasteiger partial charge >= 0.3 is 0 Å². The molecular weight excluding hydrogens is 240 g/mol. The number of benzene rings is 1. The molecule has 1 amide bonds. The van der Waals surface area contributed by atoms with Crippen LogP contribution in [0.15, 0.2) is 36.5 Å². The number of hydrogen-bond donors (Lipinski definition) is 2. The van der Waals surface area contributed by atoms with Gasteiger partial charge in [0, 0.05) is 17.4 Å². The summed E-state index contributed by atoms with van der Waals surface area (Å²) < 4.78 is 0. The predicted octanol–water partition coefficient (Wildman–Crippen LogP) is 3.20. The number of aldehydes is 1. The van der Waals surface area contributed by atoms with Crippen LogP contribution in [-0.2, 0) is 0 Å². The minimum atomic E-state index is -0.249. The summed E-state index contributed by atoms with van der Waals surface area (Å²) in [7, 11) is 0. The number of aromatic amines is 1. The lowest BCUT2D eigenvalue weighted by atomic mass is 10.0. The molecule has 1 heterocycles. The molecule has 0 radical (unpaired) electrons. The molecule has 4 nitrogen and oxygen atoms in total. The Morgan fingerprint density at radius 1 is 1.32 bits per heavy atom. The highest BCUT2D eigenvalue weighted by Crippen LogP contribution is 2.24. The number of amides is 1. The number of anilines is 1. The maximum Gasteiger partial charge on any atom is 0.272 e. The van der Waals surface area contributed by atoms with Gasteiger partial charge in [0.25, 0.3) is 5.91 Å². The number of H-pyrrole nitrogens is 1. The third kappa shape index (κ3) is 2.91. The van der Waals surface area contributed by atoms with E-state index in [1.54, 1.807) is 0 Å². The molecule has 1 aromatic carbocycles. The second kappa shape index (κ2) is 5.52. The summed E-state index contributed by atoms with van der Waals surface area (Å²) in [5, 5.41) is 2.86. The Bertz CT molecular complexity index is 600. The summed E-state index contributed by atoms with van der Waals surface area (Å²) in [6, 6.07) is 9.22. The third-order valence-corrected chi connectivity index (χ3v) is 2.92. The first kappa shape index (κ1) is 13.1. The summed E-state index contributed by atoms with van der Waals surface area (Å²) >= 11 is 0. The van der Waals surface area contributed by atoms with Crippen LogP contribution in [0, 0.1) is 0 Å². The highest BCUT2D eigenvalue weighted by Gasteiger charge is 2.12. The zero-order chi connectivity index (χ0) is 13.8. The molecule has 0 aliphatic heterocycles. The highest BCUT2D eigenvalue weighted by atomic mass is 16.2. The van der Waals surface area contributed by atoms with E-state index in [1.807, 2.05) is 24.3 Å². The average Bonchev–Trinajstić information content (AvgIpc) is 2.88.